The average molecular weight is 293 g/mol. The molecule has 0 saturated carbocycles. The molecule has 1 aromatic carbocycles. The first-order valence-electron chi connectivity index (χ1n) is 6.82. The average Bonchev–Trinajstić information content (AvgIpc) is 2.84. The number of hydrogen-bond donors (Lipinski definition) is 1. The van der Waals surface area contributed by atoms with Crippen LogP contribution in [0.3, 0.4) is 0 Å². The number of anilines is 1. The summed E-state index contributed by atoms with van der Waals surface area (Å²) in [6.07, 6.45) is 6.35. The number of hydrogen-bond acceptors (Lipinski definition) is 4. The Balaban J connectivity index is 1.87. The van der Waals surface area contributed by atoms with Gasteiger partial charge in [0.15, 0.2) is 0 Å². The molecule has 1 N–H and O–H groups in total. The highest BCUT2D eigenvalue weighted by atomic mass is 35.5. The summed E-state index contributed by atoms with van der Waals surface area (Å²) in [7, 11) is 0. The normalized spacial score (nSPS) is 19.6. The van der Waals surface area contributed by atoms with Crippen molar-refractivity contribution < 1.29 is 4.74 Å². The summed E-state index contributed by atoms with van der Waals surface area (Å²) < 4.78 is 7.19. The highest BCUT2D eigenvalue weighted by molar-refractivity contribution is 6.33. The van der Waals surface area contributed by atoms with Crippen molar-refractivity contribution in [3.63, 3.8) is 0 Å². The van der Waals surface area contributed by atoms with Crippen LogP contribution in [-0.2, 0) is 4.74 Å². The fourth-order valence-corrected chi connectivity index (χ4v) is 2.72. The van der Waals surface area contributed by atoms with Gasteiger partial charge >= 0.3 is 0 Å². The van der Waals surface area contributed by atoms with Crippen molar-refractivity contribution in [2.45, 2.75) is 25.3 Å². The number of benzene rings is 1. The number of rotatable bonds is 3. The zero-order valence-electron chi connectivity index (χ0n) is 11.1. The molecule has 2 aromatic rings. The molecule has 0 spiro atoms. The Bertz CT molecular complexity index is 550. The minimum Gasteiger partial charge on any atom is -0.381 e. The van der Waals surface area contributed by atoms with Gasteiger partial charge in [0.05, 0.1) is 10.7 Å². The lowest BCUT2D eigenvalue weighted by molar-refractivity contribution is 0.144. The van der Waals surface area contributed by atoms with Crippen LogP contribution < -0.4 is 5.32 Å². The van der Waals surface area contributed by atoms with Gasteiger partial charge in [-0.1, -0.05) is 17.7 Å². The van der Waals surface area contributed by atoms with Crippen molar-refractivity contribution in [3.05, 3.63) is 35.9 Å². The Hall–Kier alpha value is -1.59. The quantitative estimate of drug-likeness (QED) is 0.945. The molecule has 2 heterocycles. The van der Waals surface area contributed by atoms with E-state index in [-0.39, 0.29) is 0 Å². The monoisotopic (exact) mass is 292 g/mol. The molecule has 1 saturated heterocycles. The fourth-order valence-electron chi connectivity index (χ4n) is 2.46. The maximum Gasteiger partial charge on any atom is 0.138 e. The largest absolute Gasteiger partial charge is 0.381 e. The van der Waals surface area contributed by atoms with Gasteiger partial charge in [0.2, 0.25) is 0 Å². The van der Waals surface area contributed by atoms with E-state index in [1.165, 1.54) is 6.33 Å². The molecule has 0 aliphatic carbocycles. The molecule has 0 radical (unpaired) electrons. The third kappa shape index (κ3) is 2.94. The minimum atomic E-state index is 0.401. The number of aromatic nitrogens is 3. The first kappa shape index (κ1) is 13.4. The maximum absolute atomic E-state index is 6.32. The molecular weight excluding hydrogens is 276 g/mol. The van der Waals surface area contributed by atoms with Gasteiger partial charge in [0.25, 0.3) is 0 Å². The fraction of sp³-hybridized carbons (Fsp3) is 0.429. The molecule has 5 nitrogen and oxygen atoms in total. The highest BCUT2D eigenvalue weighted by Crippen LogP contribution is 2.29. The number of para-hydroxylation sites is 1. The van der Waals surface area contributed by atoms with E-state index in [9.17, 15) is 0 Å². The van der Waals surface area contributed by atoms with Crippen LogP contribution in [-0.4, -0.2) is 34.0 Å². The Morgan fingerprint density at radius 3 is 3.10 bits per heavy atom. The molecule has 20 heavy (non-hydrogen) atoms. The zero-order chi connectivity index (χ0) is 13.8. The smallest absolute Gasteiger partial charge is 0.138 e. The summed E-state index contributed by atoms with van der Waals surface area (Å²) in [6, 6.07) is 6.23. The number of nitrogens with zero attached hydrogens (tertiary/aromatic N) is 3. The second-order valence-corrected chi connectivity index (χ2v) is 5.27. The second kappa shape index (κ2) is 6.24. The van der Waals surface area contributed by atoms with Gasteiger partial charge in [-0.15, -0.1) is 0 Å². The molecule has 1 unspecified atom stereocenters. The van der Waals surface area contributed by atoms with Crippen LogP contribution in [0.25, 0.3) is 5.69 Å². The predicted molar refractivity (Wildman–Crippen MR) is 78.4 cm³/mol. The molecule has 1 atom stereocenters. The van der Waals surface area contributed by atoms with Gasteiger partial charge in [0, 0.05) is 19.3 Å². The second-order valence-electron chi connectivity index (χ2n) is 4.86. The first-order valence-corrected chi connectivity index (χ1v) is 7.20. The number of halogens is 1. The van der Waals surface area contributed by atoms with Crippen LogP contribution in [0.15, 0.2) is 30.9 Å². The van der Waals surface area contributed by atoms with Gasteiger partial charge in [0.1, 0.15) is 18.3 Å². The van der Waals surface area contributed by atoms with Crippen molar-refractivity contribution in [2.24, 2.45) is 0 Å². The van der Waals surface area contributed by atoms with Crippen LogP contribution in [0.2, 0.25) is 5.02 Å². The predicted octanol–water partition coefficient (Wildman–Crippen LogP) is 2.90. The molecule has 1 fully saturated rings. The third-order valence-electron chi connectivity index (χ3n) is 3.45. The Labute approximate surface area is 122 Å². The van der Waals surface area contributed by atoms with Crippen LogP contribution >= 0.6 is 11.6 Å². The Kier molecular flexibility index (Phi) is 4.18. The number of nitrogens with one attached hydrogen (secondary N) is 1. The van der Waals surface area contributed by atoms with E-state index in [0.717, 1.165) is 43.9 Å². The lowest BCUT2D eigenvalue weighted by Crippen LogP contribution is -2.20. The van der Waals surface area contributed by atoms with Crippen molar-refractivity contribution >= 4 is 17.3 Å². The van der Waals surface area contributed by atoms with Crippen molar-refractivity contribution in [1.82, 2.24) is 14.8 Å². The molecule has 0 amide bonds. The van der Waals surface area contributed by atoms with Gasteiger partial charge in [-0.2, -0.15) is 5.10 Å². The summed E-state index contributed by atoms with van der Waals surface area (Å²) in [5, 5.41) is 8.40. The van der Waals surface area contributed by atoms with Crippen LogP contribution in [0.1, 0.15) is 19.3 Å². The van der Waals surface area contributed by atoms with Gasteiger partial charge in [-0.25, -0.2) is 9.67 Å². The SMILES string of the molecule is Clc1cccc(NC2CCCOCC2)c1-n1cncn1. The van der Waals surface area contributed by atoms with E-state index >= 15 is 0 Å². The molecule has 1 aliphatic heterocycles. The lowest BCUT2D eigenvalue weighted by Gasteiger charge is -2.20. The van der Waals surface area contributed by atoms with Crippen LogP contribution in [0.5, 0.6) is 0 Å². The van der Waals surface area contributed by atoms with Crippen LogP contribution in [0.4, 0.5) is 5.69 Å². The van der Waals surface area contributed by atoms with Gasteiger partial charge in [-0.05, 0) is 31.4 Å². The summed E-state index contributed by atoms with van der Waals surface area (Å²) >= 11 is 6.32. The molecule has 1 aliphatic rings. The summed E-state index contributed by atoms with van der Waals surface area (Å²) in [5.74, 6) is 0. The zero-order valence-corrected chi connectivity index (χ0v) is 11.9. The summed E-state index contributed by atoms with van der Waals surface area (Å²) in [4.78, 5) is 3.99. The first-order chi connectivity index (χ1) is 9.84. The molecule has 6 heteroatoms. The van der Waals surface area contributed by atoms with E-state index in [1.807, 2.05) is 18.2 Å². The van der Waals surface area contributed by atoms with E-state index in [2.05, 4.69) is 15.4 Å². The molecule has 3 rings (SSSR count). The highest BCUT2D eigenvalue weighted by Gasteiger charge is 2.16. The summed E-state index contributed by atoms with van der Waals surface area (Å²) in [5.41, 5.74) is 1.83. The molecule has 0 bridgehead atoms. The Morgan fingerprint density at radius 2 is 2.25 bits per heavy atom. The molecule has 106 valence electrons. The van der Waals surface area contributed by atoms with Crippen LogP contribution in [0, 0.1) is 0 Å². The molecule has 1 aromatic heterocycles. The topological polar surface area (TPSA) is 52.0 Å². The van der Waals surface area contributed by atoms with Crippen molar-refractivity contribution in [1.29, 1.82) is 0 Å². The summed E-state index contributed by atoms with van der Waals surface area (Å²) in [6.45, 7) is 1.65. The van der Waals surface area contributed by atoms with Gasteiger partial charge in [-0.3, -0.25) is 0 Å². The van der Waals surface area contributed by atoms with E-state index in [0.29, 0.717) is 11.1 Å². The third-order valence-corrected chi connectivity index (χ3v) is 3.75. The van der Waals surface area contributed by atoms with Crippen molar-refractivity contribution in [3.8, 4) is 5.69 Å². The minimum absolute atomic E-state index is 0.401. The van der Waals surface area contributed by atoms with E-state index in [1.54, 1.807) is 11.0 Å². The van der Waals surface area contributed by atoms with Crippen molar-refractivity contribution in [2.75, 3.05) is 18.5 Å². The number of ether oxygens (including phenoxy) is 1. The Morgan fingerprint density at radius 1 is 1.30 bits per heavy atom. The van der Waals surface area contributed by atoms with E-state index < -0.39 is 0 Å². The standard InChI is InChI=1S/C14H17ClN4O/c15-12-4-1-5-13(14(12)19-10-16-9-17-19)18-11-3-2-7-20-8-6-11/h1,4-5,9-11,18H,2-3,6-8H2. The lowest BCUT2D eigenvalue weighted by atomic mass is 10.1. The maximum atomic E-state index is 6.32. The van der Waals surface area contributed by atoms with E-state index in [4.69, 9.17) is 16.3 Å². The van der Waals surface area contributed by atoms with Gasteiger partial charge < -0.3 is 10.1 Å². The molecular formula is C14H17ClN4O.